The van der Waals surface area contributed by atoms with Crippen LogP contribution in [0.3, 0.4) is 0 Å². The molecule has 0 N–H and O–H groups in total. The van der Waals surface area contributed by atoms with E-state index in [1.165, 1.54) is 0 Å². The Morgan fingerprint density at radius 3 is 2.91 bits per heavy atom. The van der Waals surface area contributed by atoms with Gasteiger partial charge in [-0.3, -0.25) is 4.57 Å². The van der Waals surface area contributed by atoms with E-state index in [9.17, 15) is 5.26 Å². The van der Waals surface area contributed by atoms with E-state index >= 15 is 0 Å². The number of benzene rings is 1. The first-order valence-corrected chi connectivity index (χ1v) is 9.43. The highest BCUT2D eigenvalue weighted by Crippen LogP contribution is 2.36. The predicted octanol–water partition coefficient (Wildman–Crippen LogP) is 5.35. The lowest BCUT2D eigenvalue weighted by Crippen LogP contribution is -1.98. The van der Waals surface area contributed by atoms with Gasteiger partial charge in [-0.1, -0.05) is 29.3 Å². The Bertz CT molecular complexity index is 693. The van der Waals surface area contributed by atoms with Crippen LogP contribution in [0.15, 0.2) is 42.3 Å². The first-order valence-electron chi connectivity index (χ1n) is 6.33. The number of hydrogen-bond donors (Lipinski definition) is 0. The molecular weight excluding hydrogens is 357 g/mol. The Balaban J connectivity index is 2.07. The lowest BCUT2D eigenvalue weighted by Gasteiger charge is -2.15. The monoisotopic (exact) mass is 369 g/mol. The third-order valence-corrected chi connectivity index (χ3v) is 5.61. The first kappa shape index (κ1) is 17.3. The van der Waals surface area contributed by atoms with Crippen LogP contribution >= 0.6 is 46.7 Å². The number of hydrogen-bond acceptors (Lipinski definition) is 4. The summed E-state index contributed by atoms with van der Waals surface area (Å²) >= 11 is 15.5. The predicted molar refractivity (Wildman–Crippen MR) is 97.3 cm³/mol. The largest absolute Gasteiger partial charge is 0.297 e. The summed E-state index contributed by atoms with van der Waals surface area (Å²) in [6.07, 6.45) is 7.05. The smallest absolute Gasteiger partial charge is 0.131 e. The fourth-order valence-electron chi connectivity index (χ4n) is 1.81. The molecule has 2 rings (SSSR count). The molecule has 1 aromatic heterocycles. The van der Waals surface area contributed by atoms with Crippen LogP contribution in [0.2, 0.25) is 10.0 Å². The molecule has 1 unspecified atom stereocenters. The standard InChI is InChI=1S/C15H13Cl2N3S2/c1-21-15(13-3-2-11(16)6-14(13)17)9-22-8-12(7-18)20-5-4-19-10-20/h2-6,8,10,15H,9H2,1H3/b12-8+. The fourth-order valence-corrected chi connectivity index (χ4v) is 4.44. The van der Waals surface area contributed by atoms with Gasteiger partial charge >= 0.3 is 0 Å². The van der Waals surface area contributed by atoms with E-state index in [1.54, 1.807) is 52.9 Å². The molecular formula is C15H13Cl2N3S2. The molecule has 0 radical (unpaired) electrons. The van der Waals surface area contributed by atoms with Crippen LogP contribution in [0.5, 0.6) is 0 Å². The molecule has 0 aliphatic rings. The van der Waals surface area contributed by atoms with Gasteiger partial charge in [-0.05, 0) is 24.0 Å². The minimum Gasteiger partial charge on any atom is -0.297 e. The molecule has 0 aliphatic carbocycles. The average molecular weight is 370 g/mol. The van der Waals surface area contributed by atoms with E-state index in [0.29, 0.717) is 15.7 Å². The highest BCUT2D eigenvalue weighted by atomic mass is 35.5. The van der Waals surface area contributed by atoms with Crippen molar-refractivity contribution in [3.63, 3.8) is 0 Å². The van der Waals surface area contributed by atoms with Gasteiger partial charge in [0, 0.05) is 38.8 Å². The minimum atomic E-state index is 0.230. The van der Waals surface area contributed by atoms with Crippen LogP contribution in [0.4, 0.5) is 0 Å². The maximum Gasteiger partial charge on any atom is 0.131 e. The summed E-state index contributed by atoms with van der Waals surface area (Å²) in [4.78, 5) is 3.95. The van der Waals surface area contributed by atoms with Crippen molar-refractivity contribution in [3.8, 4) is 6.07 Å². The molecule has 0 saturated heterocycles. The molecule has 0 amide bonds. The molecule has 1 aromatic carbocycles. The van der Waals surface area contributed by atoms with Gasteiger partial charge in [-0.25, -0.2) is 4.98 Å². The third-order valence-electron chi connectivity index (χ3n) is 2.93. The topological polar surface area (TPSA) is 41.6 Å². The van der Waals surface area contributed by atoms with Gasteiger partial charge in [-0.2, -0.15) is 17.0 Å². The van der Waals surface area contributed by atoms with Crippen LogP contribution in [0, 0.1) is 11.3 Å². The van der Waals surface area contributed by atoms with Gasteiger partial charge in [-0.15, -0.1) is 11.8 Å². The van der Waals surface area contributed by atoms with Crippen molar-refractivity contribution < 1.29 is 0 Å². The van der Waals surface area contributed by atoms with Gasteiger partial charge in [0.25, 0.3) is 0 Å². The summed E-state index contributed by atoms with van der Waals surface area (Å²) in [5.74, 6) is 0.808. The normalized spacial score (nSPS) is 12.9. The van der Waals surface area contributed by atoms with Gasteiger partial charge in [0.2, 0.25) is 0 Å². The van der Waals surface area contributed by atoms with Crippen molar-refractivity contribution in [1.29, 1.82) is 5.26 Å². The van der Waals surface area contributed by atoms with Gasteiger partial charge in [0.15, 0.2) is 0 Å². The van der Waals surface area contributed by atoms with Crippen molar-refractivity contribution in [1.82, 2.24) is 9.55 Å². The van der Waals surface area contributed by atoms with Crippen LogP contribution in [0.1, 0.15) is 10.8 Å². The quantitative estimate of drug-likeness (QED) is 0.643. The Hall–Kier alpha value is -1.06. The number of nitriles is 1. The van der Waals surface area contributed by atoms with E-state index in [0.717, 1.165) is 11.3 Å². The number of rotatable bonds is 6. The van der Waals surface area contributed by atoms with Crippen molar-refractivity contribution in [3.05, 3.63) is 57.9 Å². The fraction of sp³-hybridized carbons (Fsp3) is 0.200. The van der Waals surface area contributed by atoms with Crippen molar-refractivity contribution in [2.24, 2.45) is 0 Å². The molecule has 0 fully saturated rings. The molecule has 0 bridgehead atoms. The zero-order chi connectivity index (χ0) is 15.9. The number of allylic oxidation sites excluding steroid dienone is 1. The second kappa shape index (κ2) is 8.54. The molecule has 0 spiro atoms. The molecule has 114 valence electrons. The third kappa shape index (κ3) is 4.47. The maximum atomic E-state index is 9.19. The molecule has 1 heterocycles. The van der Waals surface area contributed by atoms with Crippen LogP contribution in [-0.4, -0.2) is 21.6 Å². The molecule has 22 heavy (non-hydrogen) atoms. The Morgan fingerprint density at radius 2 is 2.32 bits per heavy atom. The van der Waals surface area contributed by atoms with Crippen LogP contribution < -0.4 is 0 Å². The minimum absolute atomic E-state index is 0.230. The summed E-state index contributed by atoms with van der Waals surface area (Å²) in [5.41, 5.74) is 1.60. The van der Waals surface area contributed by atoms with Crippen molar-refractivity contribution >= 4 is 52.4 Å². The summed E-state index contributed by atoms with van der Waals surface area (Å²) in [7, 11) is 0. The van der Waals surface area contributed by atoms with E-state index < -0.39 is 0 Å². The van der Waals surface area contributed by atoms with Crippen LogP contribution in [-0.2, 0) is 0 Å². The lowest BCUT2D eigenvalue weighted by atomic mass is 10.2. The second-order valence-corrected chi connectivity index (χ2v) is 7.09. The maximum absolute atomic E-state index is 9.19. The number of nitrogens with zero attached hydrogens (tertiary/aromatic N) is 3. The molecule has 7 heteroatoms. The molecule has 1 atom stereocenters. The SMILES string of the molecule is CSC(CS/C=C(\C#N)n1ccnc1)c1ccc(Cl)cc1Cl. The molecule has 0 saturated carbocycles. The molecule has 0 aliphatic heterocycles. The number of aromatic nitrogens is 2. The first-order chi connectivity index (χ1) is 10.7. The highest BCUT2D eigenvalue weighted by molar-refractivity contribution is 8.04. The average Bonchev–Trinajstić information content (AvgIpc) is 3.03. The van der Waals surface area contributed by atoms with Crippen molar-refractivity contribution in [2.75, 3.05) is 12.0 Å². The van der Waals surface area contributed by atoms with Gasteiger partial charge < -0.3 is 0 Å². The van der Waals surface area contributed by atoms with Gasteiger partial charge in [0.1, 0.15) is 11.8 Å². The number of imidazole rings is 1. The molecule has 2 aromatic rings. The van der Waals surface area contributed by atoms with E-state index in [2.05, 4.69) is 11.1 Å². The number of thioether (sulfide) groups is 2. The summed E-state index contributed by atoms with van der Waals surface area (Å²) in [6, 6.07) is 7.73. The lowest BCUT2D eigenvalue weighted by molar-refractivity contribution is 1.10. The summed E-state index contributed by atoms with van der Waals surface area (Å²) in [6.45, 7) is 0. The van der Waals surface area contributed by atoms with Crippen molar-refractivity contribution in [2.45, 2.75) is 5.25 Å². The zero-order valence-electron chi connectivity index (χ0n) is 11.7. The van der Waals surface area contributed by atoms with Gasteiger partial charge in [0.05, 0.1) is 6.33 Å². The second-order valence-electron chi connectivity index (χ2n) is 4.31. The summed E-state index contributed by atoms with van der Waals surface area (Å²) < 4.78 is 1.69. The Morgan fingerprint density at radius 1 is 1.50 bits per heavy atom. The summed E-state index contributed by atoms with van der Waals surface area (Å²) in [5, 5.41) is 12.6. The van der Waals surface area contributed by atoms with E-state index in [4.69, 9.17) is 23.2 Å². The van der Waals surface area contributed by atoms with E-state index in [1.807, 2.05) is 23.8 Å². The zero-order valence-corrected chi connectivity index (χ0v) is 14.9. The Labute approximate surface area is 148 Å². The van der Waals surface area contributed by atoms with E-state index in [-0.39, 0.29) is 5.25 Å². The molecule has 3 nitrogen and oxygen atoms in total. The highest BCUT2D eigenvalue weighted by Gasteiger charge is 2.14. The van der Waals surface area contributed by atoms with Crippen LogP contribution in [0.25, 0.3) is 5.70 Å². The number of halogens is 2. The Kier molecular flexibility index (Phi) is 6.71.